The summed E-state index contributed by atoms with van der Waals surface area (Å²) in [5.74, 6) is -0.0981. The van der Waals surface area contributed by atoms with Crippen LogP contribution in [-0.2, 0) is 10.0 Å². The molecule has 1 heterocycles. The Balaban J connectivity index is 2.36. The summed E-state index contributed by atoms with van der Waals surface area (Å²) in [6.45, 7) is 1.73. The molecule has 2 N–H and O–H groups in total. The summed E-state index contributed by atoms with van der Waals surface area (Å²) in [6.07, 6.45) is 0. The van der Waals surface area contributed by atoms with Crippen LogP contribution in [0.25, 0.3) is 0 Å². The van der Waals surface area contributed by atoms with Gasteiger partial charge in [0, 0.05) is 4.88 Å². The molecule has 0 aliphatic heterocycles. The summed E-state index contributed by atoms with van der Waals surface area (Å²) in [7, 11) is -3.66. The van der Waals surface area contributed by atoms with Crippen molar-refractivity contribution in [1.29, 1.82) is 0 Å². The quantitative estimate of drug-likeness (QED) is 0.789. The summed E-state index contributed by atoms with van der Waals surface area (Å²) in [5.41, 5.74) is 0.296. The molecule has 4 nitrogen and oxygen atoms in total. The molecule has 1 aromatic carbocycles. The minimum atomic E-state index is -3.66. The van der Waals surface area contributed by atoms with Crippen molar-refractivity contribution >= 4 is 54.6 Å². The van der Waals surface area contributed by atoms with Crippen molar-refractivity contribution in [2.45, 2.75) is 11.8 Å². The van der Waals surface area contributed by atoms with Gasteiger partial charge in [-0.05, 0) is 47.1 Å². The second-order valence-corrected chi connectivity index (χ2v) is 8.44. The number of hydrogen-bond acceptors (Lipinski definition) is 4. The number of phenolic OH excluding ortho intramolecular Hbond substituents is 1. The van der Waals surface area contributed by atoms with E-state index >= 15 is 0 Å². The van der Waals surface area contributed by atoms with Gasteiger partial charge in [0.1, 0.15) is 10.6 Å². The van der Waals surface area contributed by atoms with E-state index < -0.39 is 10.0 Å². The van der Waals surface area contributed by atoms with Crippen molar-refractivity contribution in [3.8, 4) is 5.75 Å². The van der Waals surface area contributed by atoms with Gasteiger partial charge in [-0.25, -0.2) is 8.42 Å². The molecule has 0 atom stereocenters. The average molecular weight is 383 g/mol. The highest BCUT2D eigenvalue weighted by Crippen LogP contribution is 2.32. The molecule has 0 aliphatic rings. The lowest BCUT2D eigenvalue weighted by atomic mass is 10.3. The van der Waals surface area contributed by atoms with Gasteiger partial charge in [0.15, 0.2) is 0 Å². The smallest absolute Gasteiger partial charge is 0.263 e. The Morgan fingerprint density at radius 3 is 2.58 bits per heavy atom. The maximum absolute atomic E-state index is 12.2. The fraction of sp³-hybridized carbons (Fsp3) is 0.0909. The summed E-state index contributed by atoms with van der Waals surface area (Å²) >= 11 is 10.3. The zero-order valence-electron chi connectivity index (χ0n) is 9.65. The van der Waals surface area contributed by atoms with Crippen LogP contribution in [-0.4, -0.2) is 13.5 Å². The van der Waals surface area contributed by atoms with Crippen LogP contribution < -0.4 is 4.72 Å². The number of sulfonamides is 1. The average Bonchev–Trinajstić information content (AvgIpc) is 2.63. The molecule has 0 bridgehead atoms. The summed E-state index contributed by atoms with van der Waals surface area (Å²) in [5, 5.41) is 9.38. The van der Waals surface area contributed by atoms with Crippen LogP contribution >= 0.6 is 38.9 Å². The third-order valence-corrected chi connectivity index (χ3v) is 5.82. The van der Waals surface area contributed by atoms with Crippen molar-refractivity contribution in [3.63, 3.8) is 0 Å². The third kappa shape index (κ3) is 3.22. The molecule has 0 unspecified atom stereocenters. The van der Waals surface area contributed by atoms with Gasteiger partial charge >= 0.3 is 0 Å². The molecule has 0 radical (unpaired) electrons. The number of rotatable bonds is 3. The predicted octanol–water partition coefficient (Wildman–Crippen LogP) is 3.98. The lowest BCUT2D eigenvalue weighted by molar-refractivity contribution is 0.475. The number of phenols is 1. The minimum Gasteiger partial charge on any atom is -0.506 e. The Bertz CT molecular complexity index is 728. The molecular weight excluding hydrogens is 374 g/mol. The van der Waals surface area contributed by atoms with Gasteiger partial charge in [-0.15, -0.1) is 11.3 Å². The normalized spacial score (nSPS) is 11.5. The maximum atomic E-state index is 12.2. The molecule has 102 valence electrons. The number of benzene rings is 1. The molecule has 0 fully saturated rings. The van der Waals surface area contributed by atoms with Gasteiger partial charge in [-0.2, -0.15) is 0 Å². The summed E-state index contributed by atoms with van der Waals surface area (Å²) < 4.78 is 27.6. The zero-order chi connectivity index (χ0) is 14.2. The van der Waals surface area contributed by atoms with Gasteiger partial charge in [-0.1, -0.05) is 11.6 Å². The van der Waals surface area contributed by atoms with Crippen molar-refractivity contribution in [2.75, 3.05) is 4.72 Å². The first-order valence-electron chi connectivity index (χ1n) is 5.07. The third-order valence-electron chi connectivity index (χ3n) is 2.33. The molecule has 0 amide bonds. The number of nitrogens with one attached hydrogen (secondary N) is 1. The highest BCUT2D eigenvalue weighted by molar-refractivity contribution is 9.11. The second-order valence-electron chi connectivity index (χ2n) is 3.74. The number of thiophene rings is 1. The Morgan fingerprint density at radius 1 is 1.37 bits per heavy atom. The molecule has 0 aliphatic carbocycles. The first-order valence-corrected chi connectivity index (χ1v) is 8.54. The topological polar surface area (TPSA) is 66.4 Å². The van der Waals surface area contributed by atoms with E-state index in [2.05, 4.69) is 20.7 Å². The zero-order valence-corrected chi connectivity index (χ0v) is 13.6. The Morgan fingerprint density at radius 2 is 2.05 bits per heavy atom. The molecule has 8 heteroatoms. The van der Waals surface area contributed by atoms with E-state index in [9.17, 15) is 13.5 Å². The first-order chi connectivity index (χ1) is 8.79. The van der Waals surface area contributed by atoms with Gasteiger partial charge in [0.05, 0.1) is 14.5 Å². The highest BCUT2D eigenvalue weighted by Gasteiger charge is 2.19. The van der Waals surface area contributed by atoms with E-state index in [0.29, 0.717) is 10.6 Å². The Labute approximate surface area is 128 Å². The van der Waals surface area contributed by atoms with E-state index in [0.717, 1.165) is 3.79 Å². The minimum absolute atomic E-state index is 0.0865. The molecule has 19 heavy (non-hydrogen) atoms. The van der Waals surface area contributed by atoms with E-state index in [1.807, 2.05) is 0 Å². The van der Waals surface area contributed by atoms with Gasteiger partial charge in [0.25, 0.3) is 10.0 Å². The SMILES string of the molecule is Cc1sc(Br)cc1S(=O)(=O)Nc1ccc(O)c(Cl)c1. The highest BCUT2D eigenvalue weighted by atomic mass is 79.9. The molecule has 1 aromatic heterocycles. The molecular formula is C11H9BrClNO3S2. The fourth-order valence-electron chi connectivity index (χ4n) is 1.48. The molecule has 0 spiro atoms. The maximum Gasteiger partial charge on any atom is 0.263 e. The van der Waals surface area contributed by atoms with Gasteiger partial charge in [0.2, 0.25) is 0 Å². The number of aromatic hydroxyl groups is 1. The predicted molar refractivity (Wildman–Crippen MR) is 80.7 cm³/mol. The van der Waals surface area contributed by atoms with E-state index in [1.165, 1.54) is 29.5 Å². The van der Waals surface area contributed by atoms with E-state index in [-0.39, 0.29) is 15.7 Å². The van der Waals surface area contributed by atoms with Crippen LogP contribution in [0.3, 0.4) is 0 Å². The second kappa shape index (κ2) is 5.32. The van der Waals surface area contributed by atoms with Gasteiger partial charge < -0.3 is 5.11 Å². The van der Waals surface area contributed by atoms with Crippen LogP contribution in [0.4, 0.5) is 5.69 Å². The Kier molecular flexibility index (Phi) is 4.10. The van der Waals surface area contributed by atoms with E-state index in [1.54, 1.807) is 13.0 Å². The number of anilines is 1. The van der Waals surface area contributed by atoms with Crippen LogP contribution in [0.1, 0.15) is 4.88 Å². The number of aryl methyl sites for hydroxylation is 1. The molecule has 2 rings (SSSR count). The lowest BCUT2D eigenvalue weighted by Crippen LogP contribution is -2.13. The Hall–Kier alpha value is -0.760. The standard InChI is InChI=1S/C11H9BrClNO3S2/c1-6-10(5-11(12)18-6)19(16,17)14-7-2-3-9(15)8(13)4-7/h2-5,14-15H,1H3. The molecule has 0 saturated carbocycles. The molecule has 0 saturated heterocycles. The fourth-order valence-corrected chi connectivity index (χ4v) is 5.12. The number of halogens is 2. The van der Waals surface area contributed by atoms with Crippen molar-refractivity contribution < 1.29 is 13.5 Å². The van der Waals surface area contributed by atoms with Crippen molar-refractivity contribution in [2.24, 2.45) is 0 Å². The van der Waals surface area contributed by atoms with Crippen LogP contribution in [0.15, 0.2) is 32.9 Å². The summed E-state index contributed by atoms with van der Waals surface area (Å²) in [6, 6.07) is 5.67. The van der Waals surface area contributed by atoms with Gasteiger partial charge in [-0.3, -0.25) is 4.72 Å². The van der Waals surface area contributed by atoms with Crippen LogP contribution in [0.5, 0.6) is 5.75 Å². The largest absolute Gasteiger partial charge is 0.506 e. The van der Waals surface area contributed by atoms with Crippen LogP contribution in [0, 0.1) is 6.92 Å². The van der Waals surface area contributed by atoms with Crippen molar-refractivity contribution in [3.05, 3.63) is 38.0 Å². The van der Waals surface area contributed by atoms with E-state index in [4.69, 9.17) is 11.6 Å². The van der Waals surface area contributed by atoms with Crippen LogP contribution in [0.2, 0.25) is 5.02 Å². The lowest BCUT2D eigenvalue weighted by Gasteiger charge is -2.08. The first kappa shape index (κ1) is 14.6. The monoisotopic (exact) mass is 381 g/mol. The van der Waals surface area contributed by atoms with Crippen molar-refractivity contribution in [1.82, 2.24) is 0 Å². The molecule has 2 aromatic rings. The number of hydrogen-bond donors (Lipinski definition) is 2. The summed E-state index contributed by atoms with van der Waals surface area (Å²) in [4.78, 5) is 0.901.